The molecule has 3 aromatic heterocycles. The second kappa shape index (κ2) is 7.01. The summed E-state index contributed by atoms with van der Waals surface area (Å²) in [5.74, 6) is 0.730. The van der Waals surface area contributed by atoms with Crippen LogP contribution in [0.2, 0.25) is 5.02 Å². The zero-order valence-corrected chi connectivity index (χ0v) is 18.7. The molecule has 0 amide bonds. The second-order valence-corrected chi connectivity index (χ2v) is 10.9. The van der Waals surface area contributed by atoms with Crippen molar-refractivity contribution in [2.75, 3.05) is 6.26 Å². The Bertz CT molecular complexity index is 1420. The van der Waals surface area contributed by atoms with Crippen molar-refractivity contribution in [3.05, 3.63) is 47.5 Å². The van der Waals surface area contributed by atoms with E-state index in [1.165, 1.54) is 0 Å². The molecule has 2 atom stereocenters. The molecule has 1 aliphatic rings. The molecule has 31 heavy (non-hydrogen) atoms. The fraction of sp³-hybridized carbons (Fsp3) is 0.381. The third-order valence-electron chi connectivity index (χ3n) is 5.94. The Morgan fingerprint density at radius 2 is 2.10 bits per heavy atom. The minimum absolute atomic E-state index is 0.0272. The van der Waals surface area contributed by atoms with Gasteiger partial charge in [0.25, 0.3) is 0 Å². The maximum atomic E-state index is 12.3. The van der Waals surface area contributed by atoms with E-state index in [-0.39, 0.29) is 17.6 Å². The Kier molecular flexibility index (Phi) is 4.62. The molecule has 3 heterocycles. The van der Waals surface area contributed by atoms with Gasteiger partial charge in [-0.05, 0) is 50.5 Å². The van der Waals surface area contributed by atoms with Crippen LogP contribution in [0, 0.1) is 0 Å². The molecule has 2 unspecified atom stereocenters. The first-order valence-corrected chi connectivity index (χ1v) is 12.3. The van der Waals surface area contributed by atoms with Crippen molar-refractivity contribution in [2.24, 2.45) is 0 Å². The number of hydrogen-bond donors (Lipinski definition) is 1. The Balaban J connectivity index is 1.67. The average molecular weight is 460 g/mol. The zero-order valence-electron chi connectivity index (χ0n) is 17.2. The minimum atomic E-state index is -3.51. The molecule has 1 aromatic carbocycles. The lowest BCUT2D eigenvalue weighted by Crippen LogP contribution is -2.20. The van der Waals surface area contributed by atoms with Crippen molar-refractivity contribution in [3.63, 3.8) is 0 Å². The summed E-state index contributed by atoms with van der Waals surface area (Å²) < 4.78 is 28.3. The van der Waals surface area contributed by atoms with Gasteiger partial charge in [-0.3, -0.25) is 9.67 Å². The van der Waals surface area contributed by atoms with Crippen LogP contribution in [0.3, 0.4) is 0 Å². The van der Waals surface area contributed by atoms with E-state index < -0.39 is 15.4 Å². The summed E-state index contributed by atoms with van der Waals surface area (Å²) >= 11 is 6.20. The number of sulfone groups is 1. The summed E-state index contributed by atoms with van der Waals surface area (Å²) in [5, 5.41) is 16.1. The summed E-state index contributed by atoms with van der Waals surface area (Å²) in [7, 11) is -3.51. The van der Waals surface area contributed by atoms with Gasteiger partial charge in [-0.1, -0.05) is 11.6 Å². The van der Waals surface area contributed by atoms with Gasteiger partial charge < -0.3 is 9.67 Å². The van der Waals surface area contributed by atoms with E-state index in [0.717, 1.165) is 29.5 Å². The monoisotopic (exact) mass is 459 g/mol. The molecule has 1 fully saturated rings. The number of fused-ring (bicyclic) bond motifs is 2. The van der Waals surface area contributed by atoms with Gasteiger partial charge in [-0.15, -0.1) is 0 Å². The van der Waals surface area contributed by atoms with Gasteiger partial charge in [0.15, 0.2) is 14.9 Å². The molecule has 0 aliphatic heterocycles. The topological polar surface area (TPSA) is 103 Å². The van der Waals surface area contributed by atoms with Crippen LogP contribution in [0.5, 0.6) is 0 Å². The highest BCUT2D eigenvalue weighted by molar-refractivity contribution is 7.90. The van der Waals surface area contributed by atoms with Gasteiger partial charge in [0.2, 0.25) is 0 Å². The van der Waals surface area contributed by atoms with Crippen molar-refractivity contribution in [1.82, 2.24) is 24.3 Å². The van der Waals surface area contributed by atoms with E-state index in [4.69, 9.17) is 16.6 Å². The minimum Gasteiger partial charge on any atom is -0.390 e. The molecule has 1 N–H and O–H groups in total. The van der Waals surface area contributed by atoms with E-state index in [1.54, 1.807) is 23.1 Å². The van der Waals surface area contributed by atoms with Crippen LogP contribution >= 0.6 is 11.6 Å². The lowest BCUT2D eigenvalue weighted by atomic mass is 10.1. The summed E-state index contributed by atoms with van der Waals surface area (Å²) in [6.45, 7) is 2.12. The quantitative estimate of drug-likeness (QED) is 0.502. The van der Waals surface area contributed by atoms with Crippen LogP contribution in [0.1, 0.15) is 38.1 Å². The molecule has 162 valence electrons. The van der Waals surface area contributed by atoms with Crippen LogP contribution in [0.4, 0.5) is 0 Å². The summed E-state index contributed by atoms with van der Waals surface area (Å²) in [6, 6.07) is 7.31. The predicted octanol–water partition coefficient (Wildman–Crippen LogP) is 3.36. The molecule has 10 heteroatoms. The van der Waals surface area contributed by atoms with E-state index in [9.17, 15) is 13.5 Å². The standard InChI is InChI=1S/C21H22ClN5O3S/c1-21(28)7-5-14(10-21)27-17-4-3-13(22)9-16(17)24-19(27)12-26-18-11-23-8-6-15(18)20(25-26)31(2,29)30/h3-4,6,8-9,11,14,28H,5,7,10,12H2,1-2H3. The maximum absolute atomic E-state index is 12.3. The van der Waals surface area contributed by atoms with Crippen molar-refractivity contribution >= 4 is 43.4 Å². The van der Waals surface area contributed by atoms with Crippen LogP contribution in [-0.2, 0) is 16.4 Å². The lowest BCUT2D eigenvalue weighted by Gasteiger charge is -2.19. The summed E-state index contributed by atoms with van der Waals surface area (Å²) in [6.07, 6.45) is 6.46. The summed E-state index contributed by atoms with van der Waals surface area (Å²) in [5.41, 5.74) is 1.58. The molecule has 8 nitrogen and oxygen atoms in total. The van der Waals surface area contributed by atoms with Crippen LogP contribution in [-0.4, -0.2) is 49.7 Å². The SMILES string of the molecule is CC1(O)CCC(n2c(Cn3nc(S(C)(=O)=O)c4ccncc43)nc3cc(Cl)ccc32)C1. The van der Waals surface area contributed by atoms with Crippen molar-refractivity contribution in [1.29, 1.82) is 0 Å². The van der Waals surface area contributed by atoms with E-state index in [2.05, 4.69) is 14.6 Å². The Hall–Kier alpha value is -2.49. The van der Waals surface area contributed by atoms with Gasteiger partial charge in [0.1, 0.15) is 5.82 Å². The second-order valence-electron chi connectivity index (χ2n) is 8.55. The zero-order chi connectivity index (χ0) is 22.0. The number of hydrogen-bond acceptors (Lipinski definition) is 6. The molecular weight excluding hydrogens is 438 g/mol. The van der Waals surface area contributed by atoms with Gasteiger partial charge in [-0.2, -0.15) is 5.10 Å². The number of aliphatic hydroxyl groups is 1. The van der Waals surface area contributed by atoms with Gasteiger partial charge >= 0.3 is 0 Å². The number of rotatable bonds is 4. The highest BCUT2D eigenvalue weighted by Gasteiger charge is 2.35. The lowest BCUT2D eigenvalue weighted by molar-refractivity contribution is 0.0641. The molecule has 4 aromatic rings. The molecule has 0 bridgehead atoms. The van der Waals surface area contributed by atoms with Crippen LogP contribution in [0.15, 0.2) is 41.7 Å². The highest BCUT2D eigenvalue weighted by atomic mass is 35.5. The van der Waals surface area contributed by atoms with Crippen LogP contribution < -0.4 is 0 Å². The Morgan fingerprint density at radius 1 is 1.29 bits per heavy atom. The van der Waals surface area contributed by atoms with Crippen LogP contribution in [0.25, 0.3) is 21.9 Å². The molecule has 0 saturated heterocycles. The van der Waals surface area contributed by atoms with E-state index in [1.807, 2.05) is 25.1 Å². The largest absolute Gasteiger partial charge is 0.390 e. The van der Waals surface area contributed by atoms with Gasteiger partial charge in [-0.25, -0.2) is 13.4 Å². The van der Waals surface area contributed by atoms with E-state index >= 15 is 0 Å². The first kappa shape index (κ1) is 20.4. The van der Waals surface area contributed by atoms with E-state index in [0.29, 0.717) is 28.8 Å². The molecule has 1 aliphatic carbocycles. The van der Waals surface area contributed by atoms with Gasteiger partial charge in [0, 0.05) is 28.9 Å². The fourth-order valence-electron chi connectivity index (χ4n) is 4.57. The highest BCUT2D eigenvalue weighted by Crippen LogP contribution is 2.40. The molecule has 0 radical (unpaired) electrons. The Labute approximate surface area is 184 Å². The summed E-state index contributed by atoms with van der Waals surface area (Å²) in [4.78, 5) is 8.96. The molecule has 5 rings (SSSR count). The number of nitrogens with zero attached hydrogens (tertiary/aromatic N) is 5. The normalized spacial score (nSPS) is 22.0. The molecular formula is C21H22ClN5O3S. The number of halogens is 1. The number of pyridine rings is 1. The number of benzene rings is 1. The predicted molar refractivity (Wildman–Crippen MR) is 118 cm³/mol. The molecule has 0 spiro atoms. The van der Waals surface area contributed by atoms with Crippen molar-refractivity contribution in [2.45, 2.75) is 49.4 Å². The molecule has 1 saturated carbocycles. The average Bonchev–Trinajstić information content (AvgIpc) is 3.34. The first-order valence-electron chi connectivity index (χ1n) is 10.0. The first-order chi connectivity index (χ1) is 14.6. The fourth-order valence-corrected chi connectivity index (χ4v) is 5.55. The Morgan fingerprint density at radius 3 is 2.81 bits per heavy atom. The third kappa shape index (κ3) is 3.60. The smallest absolute Gasteiger partial charge is 0.195 e. The van der Waals surface area contributed by atoms with Crippen molar-refractivity contribution in [3.8, 4) is 0 Å². The number of aromatic nitrogens is 5. The number of imidazole rings is 1. The van der Waals surface area contributed by atoms with Gasteiger partial charge in [0.05, 0.1) is 34.9 Å². The maximum Gasteiger partial charge on any atom is 0.195 e. The van der Waals surface area contributed by atoms with Crippen molar-refractivity contribution < 1.29 is 13.5 Å². The third-order valence-corrected chi connectivity index (χ3v) is 7.18.